The van der Waals surface area contributed by atoms with E-state index in [0.717, 1.165) is 27.3 Å². The molecule has 0 unspecified atom stereocenters. The second-order valence-corrected chi connectivity index (χ2v) is 5.31. The van der Waals surface area contributed by atoms with E-state index in [4.69, 9.17) is 21.1 Å². The molecule has 2 heterocycles. The quantitative estimate of drug-likeness (QED) is 0.685. The van der Waals surface area contributed by atoms with Crippen LogP contribution in [0.2, 0.25) is 5.15 Å². The number of halogens is 1. The molecular weight excluding hydrogens is 296 g/mol. The Hall–Kier alpha value is -1.85. The minimum absolute atomic E-state index is 0.420. The van der Waals surface area contributed by atoms with Crippen LogP contribution in [0, 0.1) is 0 Å². The zero-order chi connectivity index (χ0) is 14.1. The first-order valence-corrected chi connectivity index (χ1v) is 7.12. The van der Waals surface area contributed by atoms with Gasteiger partial charge in [-0.15, -0.1) is 11.3 Å². The molecule has 1 aromatic carbocycles. The third kappa shape index (κ3) is 2.19. The number of ether oxygens (including phenoxy) is 2. The van der Waals surface area contributed by atoms with E-state index in [9.17, 15) is 0 Å². The van der Waals surface area contributed by atoms with Gasteiger partial charge in [-0.05, 0) is 23.6 Å². The lowest BCUT2D eigenvalue weighted by Crippen LogP contribution is -1.93. The normalized spacial score (nSPS) is 10.8. The highest BCUT2D eigenvalue weighted by Crippen LogP contribution is 2.35. The van der Waals surface area contributed by atoms with E-state index >= 15 is 0 Å². The van der Waals surface area contributed by atoms with Gasteiger partial charge in [-0.3, -0.25) is 0 Å². The molecule has 0 radical (unpaired) electrons. The lowest BCUT2D eigenvalue weighted by molar-refractivity contribution is 0.415. The maximum Gasteiger partial charge on any atom is 0.175 e. The van der Waals surface area contributed by atoms with E-state index in [2.05, 4.69) is 9.97 Å². The maximum atomic E-state index is 6.24. The van der Waals surface area contributed by atoms with E-state index in [-0.39, 0.29) is 0 Å². The number of methoxy groups -OCH3 is 2. The number of hydrogen-bond acceptors (Lipinski definition) is 5. The van der Waals surface area contributed by atoms with Crippen LogP contribution in [0.3, 0.4) is 0 Å². The van der Waals surface area contributed by atoms with Crippen LogP contribution in [0.4, 0.5) is 0 Å². The molecule has 6 heteroatoms. The molecule has 0 bridgehead atoms. The third-order valence-electron chi connectivity index (χ3n) is 2.91. The number of fused-ring (bicyclic) bond motifs is 1. The monoisotopic (exact) mass is 306 g/mol. The first-order valence-electron chi connectivity index (χ1n) is 5.86. The average molecular weight is 307 g/mol. The van der Waals surface area contributed by atoms with Crippen LogP contribution in [0.1, 0.15) is 0 Å². The molecule has 3 rings (SSSR count). The highest BCUT2D eigenvalue weighted by Gasteiger charge is 2.14. The van der Waals surface area contributed by atoms with Crippen LogP contribution < -0.4 is 9.47 Å². The van der Waals surface area contributed by atoms with Crippen LogP contribution in [-0.4, -0.2) is 24.2 Å². The SMILES string of the molecule is COc1ccc2c(Cl)nc(-c3sccc3OC)nc2c1. The van der Waals surface area contributed by atoms with Gasteiger partial charge in [-0.1, -0.05) is 11.6 Å². The van der Waals surface area contributed by atoms with Gasteiger partial charge in [-0.25, -0.2) is 9.97 Å². The first-order chi connectivity index (χ1) is 9.72. The van der Waals surface area contributed by atoms with Gasteiger partial charge in [0.2, 0.25) is 0 Å². The molecule has 0 aliphatic carbocycles. The summed E-state index contributed by atoms with van der Waals surface area (Å²) in [5.41, 5.74) is 0.745. The van der Waals surface area contributed by atoms with Gasteiger partial charge in [0.1, 0.15) is 21.5 Å². The van der Waals surface area contributed by atoms with Crippen molar-refractivity contribution in [1.29, 1.82) is 0 Å². The van der Waals surface area contributed by atoms with Crippen molar-refractivity contribution in [3.05, 3.63) is 34.8 Å². The summed E-state index contributed by atoms with van der Waals surface area (Å²) in [4.78, 5) is 9.76. The Morgan fingerprint density at radius 2 is 1.95 bits per heavy atom. The summed E-state index contributed by atoms with van der Waals surface area (Å²) in [5, 5.41) is 3.15. The first kappa shape index (κ1) is 13.1. The van der Waals surface area contributed by atoms with Gasteiger partial charge < -0.3 is 9.47 Å². The number of benzene rings is 1. The van der Waals surface area contributed by atoms with Crippen LogP contribution in [0.5, 0.6) is 11.5 Å². The Kier molecular flexibility index (Phi) is 3.46. The van der Waals surface area contributed by atoms with Gasteiger partial charge in [0, 0.05) is 11.5 Å². The fourth-order valence-electron chi connectivity index (χ4n) is 1.92. The molecule has 4 nitrogen and oxygen atoms in total. The molecule has 0 saturated heterocycles. The van der Waals surface area contributed by atoms with Crippen molar-refractivity contribution < 1.29 is 9.47 Å². The number of aromatic nitrogens is 2. The Morgan fingerprint density at radius 1 is 1.10 bits per heavy atom. The molecule has 0 aliphatic heterocycles. The molecule has 0 fully saturated rings. The summed E-state index contributed by atoms with van der Waals surface area (Å²) in [6.07, 6.45) is 0. The average Bonchev–Trinajstić information content (AvgIpc) is 2.95. The summed E-state index contributed by atoms with van der Waals surface area (Å²) in [7, 11) is 3.24. The van der Waals surface area contributed by atoms with E-state index < -0.39 is 0 Å². The highest BCUT2D eigenvalue weighted by molar-refractivity contribution is 7.13. The molecule has 20 heavy (non-hydrogen) atoms. The van der Waals surface area contributed by atoms with E-state index in [1.54, 1.807) is 14.2 Å². The van der Waals surface area contributed by atoms with Gasteiger partial charge in [0.05, 0.1) is 19.7 Å². The van der Waals surface area contributed by atoms with Crippen LogP contribution >= 0.6 is 22.9 Å². The van der Waals surface area contributed by atoms with E-state index in [1.165, 1.54) is 11.3 Å². The minimum atomic E-state index is 0.420. The second kappa shape index (κ2) is 5.26. The number of rotatable bonds is 3. The van der Waals surface area contributed by atoms with Crippen molar-refractivity contribution >= 4 is 33.8 Å². The topological polar surface area (TPSA) is 44.2 Å². The number of thiophene rings is 1. The molecule has 0 atom stereocenters. The van der Waals surface area contributed by atoms with Crippen molar-refractivity contribution in [3.8, 4) is 22.2 Å². The summed E-state index contributed by atoms with van der Waals surface area (Å²) in [5.74, 6) is 2.03. The third-order valence-corrected chi connectivity index (χ3v) is 4.09. The van der Waals surface area contributed by atoms with Gasteiger partial charge in [-0.2, -0.15) is 0 Å². The molecule has 102 valence electrons. The Morgan fingerprint density at radius 3 is 2.70 bits per heavy atom. The van der Waals surface area contributed by atoms with Gasteiger partial charge >= 0.3 is 0 Å². The van der Waals surface area contributed by atoms with Crippen molar-refractivity contribution in [3.63, 3.8) is 0 Å². The fraction of sp³-hybridized carbons (Fsp3) is 0.143. The summed E-state index contributed by atoms with van der Waals surface area (Å²) >= 11 is 7.76. The van der Waals surface area contributed by atoms with E-state index in [1.807, 2.05) is 29.6 Å². The number of hydrogen-bond donors (Lipinski definition) is 0. The van der Waals surface area contributed by atoms with Crippen molar-refractivity contribution in [2.45, 2.75) is 0 Å². The predicted octanol–water partition coefficient (Wildman–Crippen LogP) is 4.03. The minimum Gasteiger partial charge on any atom is -0.497 e. The smallest absolute Gasteiger partial charge is 0.175 e. The zero-order valence-electron chi connectivity index (χ0n) is 10.9. The summed E-state index contributed by atoms with van der Waals surface area (Å²) in [6, 6.07) is 7.41. The predicted molar refractivity (Wildman–Crippen MR) is 81.0 cm³/mol. The molecule has 0 saturated carbocycles. The standard InChI is InChI=1S/C14H11ClN2O2S/c1-18-8-3-4-9-10(7-8)16-14(17-13(9)15)12-11(19-2)5-6-20-12/h3-7H,1-2H3. The van der Waals surface area contributed by atoms with Crippen LogP contribution in [0.15, 0.2) is 29.6 Å². The molecule has 0 N–H and O–H groups in total. The Balaban J connectivity index is 2.22. The van der Waals surface area contributed by atoms with Crippen molar-refractivity contribution in [1.82, 2.24) is 9.97 Å². The van der Waals surface area contributed by atoms with Crippen molar-refractivity contribution in [2.75, 3.05) is 14.2 Å². The second-order valence-electron chi connectivity index (χ2n) is 4.04. The summed E-state index contributed by atoms with van der Waals surface area (Å²) < 4.78 is 10.5. The molecule has 0 spiro atoms. The number of nitrogens with zero attached hydrogens (tertiary/aromatic N) is 2. The molecular formula is C14H11ClN2O2S. The molecule has 3 aromatic rings. The van der Waals surface area contributed by atoms with Crippen molar-refractivity contribution in [2.24, 2.45) is 0 Å². The lowest BCUT2D eigenvalue weighted by atomic mass is 10.2. The zero-order valence-corrected chi connectivity index (χ0v) is 12.5. The van der Waals surface area contributed by atoms with Crippen LogP contribution in [-0.2, 0) is 0 Å². The lowest BCUT2D eigenvalue weighted by Gasteiger charge is -2.06. The highest BCUT2D eigenvalue weighted by atomic mass is 35.5. The molecule has 2 aromatic heterocycles. The van der Waals surface area contributed by atoms with E-state index in [0.29, 0.717) is 11.0 Å². The van der Waals surface area contributed by atoms with Gasteiger partial charge in [0.15, 0.2) is 5.82 Å². The summed E-state index contributed by atoms with van der Waals surface area (Å²) in [6.45, 7) is 0. The molecule has 0 amide bonds. The van der Waals surface area contributed by atoms with Gasteiger partial charge in [0.25, 0.3) is 0 Å². The Bertz CT molecular complexity index is 773. The van der Waals surface area contributed by atoms with Crippen LogP contribution in [0.25, 0.3) is 21.6 Å². The largest absolute Gasteiger partial charge is 0.497 e. The fourth-order valence-corrected chi connectivity index (χ4v) is 2.95. The molecule has 0 aliphatic rings. The maximum absolute atomic E-state index is 6.24. The Labute approximate surface area is 125 Å².